The first-order valence-electron chi connectivity index (χ1n) is 10.3. The third kappa shape index (κ3) is 5.38. The Morgan fingerprint density at radius 2 is 1.82 bits per heavy atom. The van der Waals surface area contributed by atoms with Gasteiger partial charge in [0, 0.05) is 24.9 Å². The predicted octanol–water partition coefficient (Wildman–Crippen LogP) is 4.11. The summed E-state index contributed by atoms with van der Waals surface area (Å²) in [5, 5.41) is 0.480. The molecule has 1 aromatic heterocycles. The molecule has 4 rings (SSSR count). The van der Waals surface area contributed by atoms with Crippen molar-refractivity contribution in [2.24, 2.45) is 0 Å². The Kier molecular flexibility index (Phi) is 7.78. The summed E-state index contributed by atoms with van der Waals surface area (Å²) in [6, 6.07) is 10.9. The number of anilines is 2. The maximum Gasteiger partial charge on any atom is 0.260 e. The number of imide groups is 1. The van der Waals surface area contributed by atoms with Crippen LogP contribution in [0.4, 0.5) is 15.2 Å². The molecule has 0 spiro atoms. The van der Waals surface area contributed by atoms with E-state index in [2.05, 4.69) is 4.98 Å². The van der Waals surface area contributed by atoms with E-state index >= 15 is 0 Å². The molecule has 0 saturated carbocycles. The molecule has 2 aromatic carbocycles. The molecular formula is C23H24ClFN4O3S. The third-order valence-electron chi connectivity index (χ3n) is 5.21. The maximum atomic E-state index is 13.7. The summed E-state index contributed by atoms with van der Waals surface area (Å²) in [7, 11) is 3.92. The second-order valence-corrected chi connectivity index (χ2v) is 8.90. The summed E-state index contributed by atoms with van der Waals surface area (Å²) in [5.74, 6) is -1.18. The Morgan fingerprint density at radius 1 is 1.09 bits per heavy atom. The number of hydrogen-bond acceptors (Lipinski definition) is 6. The highest BCUT2D eigenvalue weighted by Gasteiger charge is 2.31. The van der Waals surface area contributed by atoms with E-state index in [9.17, 15) is 18.8 Å². The van der Waals surface area contributed by atoms with E-state index in [1.807, 2.05) is 19.0 Å². The molecule has 2 heterocycles. The van der Waals surface area contributed by atoms with Gasteiger partial charge in [-0.05, 0) is 63.5 Å². The molecule has 174 valence electrons. The normalized spacial score (nSPS) is 13.6. The zero-order valence-corrected chi connectivity index (χ0v) is 19.9. The monoisotopic (exact) mass is 490 g/mol. The average molecular weight is 491 g/mol. The minimum absolute atomic E-state index is 0. The van der Waals surface area contributed by atoms with Crippen LogP contribution in [0.5, 0.6) is 0 Å². The largest absolute Gasteiger partial charge is 0.309 e. The third-order valence-corrected chi connectivity index (χ3v) is 6.25. The number of halogens is 2. The number of benzene rings is 2. The first-order valence-corrected chi connectivity index (χ1v) is 11.1. The Morgan fingerprint density at radius 3 is 2.52 bits per heavy atom. The van der Waals surface area contributed by atoms with Crippen LogP contribution in [0.25, 0.3) is 10.2 Å². The fraction of sp³-hybridized carbons (Fsp3) is 0.304. The average Bonchev–Trinajstić information content (AvgIpc) is 3.32. The van der Waals surface area contributed by atoms with Crippen LogP contribution in [-0.2, 0) is 9.59 Å². The number of hydrogen-bond donors (Lipinski definition) is 0. The molecule has 0 atom stereocenters. The van der Waals surface area contributed by atoms with Crippen molar-refractivity contribution in [2.45, 2.75) is 19.3 Å². The van der Waals surface area contributed by atoms with Crippen LogP contribution in [-0.4, -0.2) is 54.8 Å². The lowest BCUT2D eigenvalue weighted by Crippen LogP contribution is -2.34. The van der Waals surface area contributed by atoms with Crippen LogP contribution in [0.3, 0.4) is 0 Å². The lowest BCUT2D eigenvalue weighted by Gasteiger charge is -2.22. The molecule has 1 aliphatic rings. The molecule has 0 aliphatic carbocycles. The van der Waals surface area contributed by atoms with Crippen LogP contribution in [0, 0.1) is 5.82 Å². The van der Waals surface area contributed by atoms with E-state index in [0.29, 0.717) is 39.6 Å². The van der Waals surface area contributed by atoms with Gasteiger partial charge in [0.05, 0.1) is 15.9 Å². The summed E-state index contributed by atoms with van der Waals surface area (Å²) in [4.78, 5) is 47.0. The minimum Gasteiger partial charge on any atom is -0.309 e. The van der Waals surface area contributed by atoms with Gasteiger partial charge < -0.3 is 4.90 Å². The van der Waals surface area contributed by atoms with Crippen molar-refractivity contribution in [3.8, 4) is 0 Å². The van der Waals surface area contributed by atoms with Gasteiger partial charge in [0.1, 0.15) is 5.82 Å². The van der Waals surface area contributed by atoms with Gasteiger partial charge in [-0.1, -0.05) is 17.4 Å². The van der Waals surface area contributed by atoms with E-state index < -0.39 is 0 Å². The summed E-state index contributed by atoms with van der Waals surface area (Å²) in [6.07, 6.45) is 1.07. The van der Waals surface area contributed by atoms with Crippen molar-refractivity contribution in [1.82, 2.24) is 9.88 Å². The first-order chi connectivity index (χ1) is 15.3. The van der Waals surface area contributed by atoms with E-state index in [0.717, 1.165) is 11.4 Å². The molecule has 0 bridgehead atoms. The van der Waals surface area contributed by atoms with Crippen LogP contribution >= 0.6 is 23.7 Å². The quantitative estimate of drug-likeness (QED) is 0.466. The number of nitrogens with zero attached hydrogens (tertiary/aromatic N) is 4. The highest BCUT2D eigenvalue weighted by Crippen LogP contribution is 2.31. The molecule has 3 aromatic rings. The van der Waals surface area contributed by atoms with Crippen LogP contribution in [0.2, 0.25) is 0 Å². The van der Waals surface area contributed by atoms with Crippen molar-refractivity contribution in [1.29, 1.82) is 0 Å². The predicted molar refractivity (Wildman–Crippen MR) is 130 cm³/mol. The number of carbonyl (C=O) groups is 3. The van der Waals surface area contributed by atoms with Gasteiger partial charge in [0.25, 0.3) is 5.91 Å². The number of aromatic nitrogens is 1. The number of rotatable bonds is 7. The highest BCUT2D eigenvalue weighted by atomic mass is 35.5. The van der Waals surface area contributed by atoms with E-state index in [-0.39, 0.29) is 48.8 Å². The van der Waals surface area contributed by atoms with Gasteiger partial charge in [-0.25, -0.2) is 9.37 Å². The van der Waals surface area contributed by atoms with Crippen LogP contribution in [0.1, 0.15) is 29.6 Å². The van der Waals surface area contributed by atoms with Gasteiger partial charge in [-0.2, -0.15) is 0 Å². The molecule has 1 aliphatic heterocycles. The van der Waals surface area contributed by atoms with Gasteiger partial charge in [-0.15, -0.1) is 12.4 Å². The van der Waals surface area contributed by atoms with E-state index in [1.165, 1.54) is 23.5 Å². The second-order valence-electron chi connectivity index (χ2n) is 7.90. The van der Waals surface area contributed by atoms with Crippen molar-refractivity contribution < 1.29 is 18.8 Å². The van der Waals surface area contributed by atoms with Crippen molar-refractivity contribution in [2.75, 3.05) is 37.0 Å². The van der Waals surface area contributed by atoms with E-state index in [4.69, 9.17) is 0 Å². The topological polar surface area (TPSA) is 73.8 Å². The standard InChI is InChI=1S/C23H23FN4O3S.ClH/c1-26(2)11-4-12-27(23-25-18-8-7-16(24)14-19(18)32-23)22(31)15-5-3-6-17(13-15)28-20(29)9-10-21(28)30;/h3,5-8,13-14H,4,9-12H2,1-2H3;1H. The molecule has 0 radical (unpaired) electrons. The Bertz CT molecular complexity index is 1180. The lowest BCUT2D eigenvalue weighted by atomic mass is 10.1. The number of thiazole rings is 1. The van der Waals surface area contributed by atoms with Gasteiger partial charge in [-0.3, -0.25) is 24.2 Å². The molecule has 1 fully saturated rings. The van der Waals surface area contributed by atoms with Crippen LogP contribution in [0.15, 0.2) is 42.5 Å². The van der Waals surface area contributed by atoms with Gasteiger partial charge in [0.15, 0.2) is 5.13 Å². The number of amides is 3. The molecule has 7 nitrogen and oxygen atoms in total. The van der Waals surface area contributed by atoms with Crippen LogP contribution < -0.4 is 9.80 Å². The van der Waals surface area contributed by atoms with Crippen molar-refractivity contribution >= 4 is 62.5 Å². The zero-order valence-electron chi connectivity index (χ0n) is 18.3. The molecule has 10 heteroatoms. The molecule has 3 amide bonds. The number of fused-ring (bicyclic) bond motifs is 1. The van der Waals surface area contributed by atoms with Crippen molar-refractivity contribution in [3.63, 3.8) is 0 Å². The minimum atomic E-state index is -0.356. The Labute approximate surface area is 201 Å². The molecule has 0 N–H and O–H groups in total. The summed E-state index contributed by atoms with van der Waals surface area (Å²) < 4.78 is 14.3. The summed E-state index contributed by atoms with van der Waals surface area (Å²) in [6.45, 7) is 1.20. The fourth-order valence-electron chi connectivity index (χ4n) is 3.63. The molecular weight excluding hydrogens is 467 g/mol. The molecule has 0 unspecified atom stereocenters. The van der Waals surface area contributed by atoms with E-state index in [1.54, 1.807) is 35.2 Å². The Balaban J connectivity index is 0.00000306. The summed E-state index contributed by atoms with van der Waals surface area (Å²) in [5.41, 5.74) is 1.37. The van der Waals surface area contributed by atoms with Crippen molar-refractivity contribution in [3.05, 3.63) is 53.8 Å². The zero-order chi connectivity index (χ0) is 22.8. The fourth-order valence-corrected chi connectivity index (χ4v) is 4.64. The number of carbonyl (C=O) groups excluding carboxylic acids is 3. The lowest BCUT2D eigenvalue weighted by molar-refractivity contribution is -0.121. The molecule has 1 saturated heterocycles. The SMILES string of the molecule is CN(C)CCCN(C(=O)c1cccc(N2C(=O)CCC2=O)c1)c1nc2ccc(F)cc2s1.Cl. The Hall–Kier alpha value is -2.88. The molecule has 33 heavy (non-hydrogen) atoms. The first kappa shape index (κ1) is 24.8. The highest BCUT2D eigenvalue weighted by molar-refractivity contribution is 7.22. The summed E-state index contributed by atoms with van der Waals surface area (Å²) >= 11 is 1.25. The van der Waals surface area contributed by atoms with Gasteiger partial charge >= 0.3 is 0 Å². The maximum absolute atomic E-state index is 13.7. The smallest absolute Gasteiger partial charge is 0.260 e. The van der Waals surface area contributed by atoms with Gasteiger partial charge in [0.2, 0.25) is 11.8 Å². The second kappa shape index (κ2) is 10.4.